The average Bonchev–Trinajstić information content (AvgIpc) is 2.53. The molecule has 1 heterocycles. The summed E-state index contributed by atoms with van der Waals surface area (Å²) in [6, 6.07) is 6.94. The van der Waals surface area contributed by atoms with Crippen molar-refractivity contribution in [2.45, 2.75) is 19.4 Å². The van der Waals surface area contributed by atoms with E-state index < -0.39 is 0 Å². The van der Waals surface area contributed by atoms with Crippen molar-refractivity contribution in [2.75, 3.05) is 31.1 Å². The summed E-state index contributed by atoms with van der Waals surface area (Å²) in [5.41, 5.74) is 1.05. The molecule has 1 aromatic carbocycles. The van der Waals surface area contributed by atoms with Gasteiger partial charge in [-0.15, -0.1) is 0 Å². The quantitative estimate of drug-likeness (QED) is 0.858. The highest BCUT2D eigenvalue weighted by Crippen LogP contribution is 2.19. The van der Waals surface area contributed by atoms with E-state index in [4.69, 9.17) is 5.11 Å². The maximum absolute atomic E-state index is 12.9. The smallest absolute Gasteiger partial charge is 0.123 e. The second kappa shape index (κ2) is 6.16. The van der Waals surface area contributed by atoms with Crippen molar-refractivity contribution in [1.82, 2.24) is 5.32 Å². The largest absolute Gasteiger partial charge is 0.396 e. The molecule has 0 radical (unpaired) electrons. The first kappa shape index (κ1) is 13.3. The van der Waals surface area contributed by atoms with Crippen LogP contribution in [0.1, 0.15) is 13.3 Å². The Kier molecular flexibility index (Phi) is 4.55. The van der Waals surface area contributed by atoms with Crippen LogP contribution in [-0.4, -0.2) is 37.4 Å². The Morgan fingerprint density at radius 3 is 2.72 bits per heavy atom. The van der Waals surface area contributed by atoms with E-state index in [9.17, 15) is 4.39 Å². The van der Waals surface area contributed by atoms with Crippen molar-refractivity contribution in [2.24, 2.45) is 5.92 Å². The van der Waals surface area contributed by atoms with Crippen molar-refractivity contribution in [3.63, 3.8) is 0 Å². The predicted molar refractivity (Wildman–Crippen MR) is 71.3 cm³/mol. The zero-order valence-corrected chi connectivity index (χ0v) is 10.8. The Labute approximate surface area is 108 Å². The van der Waals surface area contributed by atoms with E-state index in [1.54, 1.807) is 0 Å². The van der Waals surface area contributed by atoms with Gasteiger partial charge in [-0.1, -0.05) is 6.92 Å². The van der Waals surface area contributed by atoms with Gasteiger partial charge in [0, 0.05) is 31.4 Å². The third-order valence-corrected chi connectivity index (χ3v) is 3.40. The van der Waals surface area contributed by atoms with Crippen molar-refractivity contribution in [3.05, 3.63) is 30.1 Å². The molecule has 1 aliphatic heterocycles. The lowest BCUT2D eigenvalue weighted by atomic mass is 10.1. The van der Waals surface area contributed by atoms with Crippen molar-refractivity contribution in [3.8, 4) is 0 Å². The molecule has 2 unspecified atom stereocenters. The first-order chi connectivity index (χ1) is 8.69. The molecule has 0 aliphatic carbocycles. The van der Waals surface area contributed by atoms with Crippen molar-refractivity contribution >= 4 is 5.69 Å². The van der Waals surface area contributed by atoms with Gasteiger partial charge in [-0.3, -0.25) is 0 Å². The Bertz CT molecular complexity index is 369. The molecular weight excluding hydrogens is 231 g/mol. The Morgan fingerprint density at radius 2 is 2.06 bits per heavy atom. The number of benzene rings is 1. The highest BCUT2D eigenvalue weighted by molar-refractivity contribution is 5.46. The lowest BCUT2D eigenvalue weighted by Gasteiger charge is -2.27. The third-order valence-electron chi connectivity index (χ3n) is 3.40. The fraction of sp³-hybridized carbons (Fsp3) is 0.571. The van der Waals surface area contributed by atoms with Crippen LogP contribution in [0.5, 0.6) is 0 Å². The van der Waals surface area contributed by atoms with Gasteiger partial charge in [0.05, 0.1) is 0 Å². The number of nitrogens with one attached hydrogen (secondary N) is 1. The molecule has 1 aliphatic rings. The molecule has 3 nitrogen and oxygen atoms in total. The summed E-state index contributed by atoms with van der Waals surface area (Å²) in [7, 11) is 0. The van der Waals surface area contributed by atoms with Gasteiger partial charge in [-0.2, -0.15) is 0 Å². The van der Waals surface area contributed by atoms with Crippen LogP contribution < -0.4 is 10.2 Å². The van der Waals surface area contributed by atoms with Crippen LogP contribution in [-0.2, 0) is 0 Å². The van der Waals surface area contributed by atoms with Gasteiger partial charge in [0.15, 0.2) is 0 Å². The second-order valence-corrected chi connectivity index (χ2v) is 5.10. The molecule has 0 aromatic heterocycles. The zero-order valence-electron chi connectivity index (χ0n) is 10.8. The van der Waals surface area contributed by atoms with Gasteiger partial charge in [0.25, 0.3) is 0 Å². The molecule has 2 N–H and O–H groups in total. The molecule has 0 amide bonds. The standard InChI is InChI=1S/C14H21FN2O/c1-11-8-16-13(6-7-18)10-17(9-11)14-4-2-12(15)3-5-14/h2-5,11,13,16,18H,6-10H2,1H3. The minimum absolute atomic E-state index is 0.198. The molecular formula is C14H21FN2O. The summed E-state index contributed by atoms with van der Waals surface area (Å²) in [6.45, 7) is 5.17. The molecule has 0 spiro atoms. The Hall–Kier alpha value is -1.13. The van der Waals surface area contributed by atoms with E-state index in [2.05, 4.69) is 17.1 Å². The number of aliphatic hydroxyl groups is 1. The van der Waals surface area contributed by atoms with Crippen LogP contribution in [0.25, 0.3) is 0 Å². The lowest BCUT2D eigenvalue weighted by molar-refractivity contribution is 0.266. The molecule has 1 aromatic rings. The molecule has 2 atom stereocenters. The number of nitrogens with zero attached hydrogens (tertiary/aromatic N) is 1. The topological polar surface area (TPSA) is 35.5 Å². The summed E-state index contributed by atoms with van der Waals surface area (Å²) < 4.78 is 12.9. The molecule has 1 fully saturated rings. The van der Waals surface area contributed by atoms with Crippen LogP contribution in [0, 0.1) is 11.7 Å². The summed E-state index contributed by atoms with van der Waals surface area (Å²) in [5, 5.41) is 12.5. The summed E-state index contributed by atoms with van der Waals surface area (Å²) in [4.78, 5) is 2.27. The number of rotatable bonds is 3. The van der Waals surface area contributed by atoms with Crippen molar-refractivity contribution < 1.29 is 9.50 Å². The lowest BCUT2D eigenvalue weighted by Crippen LogP contribution is -2.38. The van der Waals surface area contributed by atoms with Crippen LogP contribution in [0.3, 0.4) is 0 Å². The molecule has 2 rings (SSSR count). The van der Waals surface area contributed by atoms with Gasteiger partial charge >= 0.3 is 0 Å². The fourth-order valence-electron chi connectivity index (χ4n) is 2.43. The Morgan fingerprint density at radius 1 is 1.33 bits per heavy atom. The highest BCUT2D eigenvalue weighted by Gasteiger charge is 2.21. The molecule has 18 heavy (non-hydrogen) atoms. The number of aliphatic hydroxyl groups excluding tert-OH is 1. The van der Waals surface area contributed by atoms with Crippen LogP contribution in [0.4, 0.5) is 10.1 Å². The molecule has 1 saturated heterocycles. The molecule has 4 heteroatoms. The summed E-state index contributed by atoms with van der Waals surface area (Å²) in [6.07, 6.45) is 0.754. The first-order valence-electron chi connectivity index (χ1n) is 6.54. The van der Waals surface area contributed by atoms with E-state index in [1.165, 1.54) is 12.1 Å². The SMILES string of the molecule is CC1CNC(CCO)CN(c2ccc(F)cc2)C1. The minimum Gasteiger partial charge on any atom is -0.396 e. The second-order valence-electron chi connectivity index (χ2n) is 5.10. The number of hydrogen-bond donors (Lipinski definition) is 2. The van der Waals surface area contributed by atoms with E-state index >= 15 is 0 Å². The average molecular weight is 252 g/mol. The zero-order chi connectivity index (χ0) is 13.0. The summed E-state index contributed by atoms with van der Waals surface area (Å²) >= 11 is 0. The molecule has 100 valence electrons. The van der Waals surface area contributed by atoms with Gasteiger partial charge in [-0.05, 0) is 43.1 Å². The van der Waals surface area contributed by atoms with E-state index in [1.807, 2.05) is 12.1 Å². The monoisotopic (exact) mass is 252 g/mol. The van der Waals surface area contributed by atoms with Gasteiger partial charge in [0.2, 0.25) is 0 Å². The van der Waals surface area contributed by atoms with Crippen LogP contribution in [0.15, 0.2) is 24.3 Å². The first-order valence-corrected chi connectivity index (χ1v) is 6.54. The van der Waals surface area contributed by atoms with Gasteiger partial charge in [0.1, 0.15) is 5.82 Å². The number of anilines is 1. The Balaban J connectivity index is 2.10. The van der Waals surface area contributed by atoms with E-state index in [0.29, 0.717) is 12.0 Å². The molecule has 0 bridgehead atoms. The number of hydrogen-bond acceptors (Lipinski definition) is 3. The van der Waals surface area contributed by atoms with Crippen LogP contribution in [0.2, 0.25) is 0 Å². The third kappa shape index (κ3) is 3.43. The van der Waals surface area contributed by atoms with Crippen molar-refractivity contribution in [1.29, 1.82) is 0 Å². The molecule has 0 saturated carbocycles. The van der Waals surface area contributed by atoms with Gasteiger partial charge < -0.3 is 15.3 Å². The summed E-state index contributed by atoms with van der Waals surface area (Å²) in [5.74, 6) is 0.338. The predicted octanol–water partition coefficient (Wildman–Crippen LogP) is 1.62. The van der Waals surface area contributed by atoms with Crippen LogP contribution >= 0.6 is 0 Å². The minimum atomic E-state index is -0.202. The van der Waals surface area contributed by atoms with E-state index in [-0.39, 0.29) is 12.4 Å². The normalized spacial score (nSPS) is 24.9. The van der Waals surface area contributed by atoms with Gasteiger partial charge in [-0.25, -0.2) is 4.39 Å². The maximum atomic E-state index is 12.9. The fourth-order valence-corrected chi connectivity index (χ4v) is 2.43. The maximum Gasteiger partial charge on any atom is 0.123 e. The number of halogens is 1. The highest BCUT2D eigenvalue weighted by atomic mass is 19.1. The van der Waals surface area contributed by atoms with E-state index in [0.717, 1.165) is 31.7 Å².